The van der Waals surface area contributed by atoms with E-state index in [4.69, 9.17) is 4.74 Å². The highest BCUT2D eigenvalue weighted by Gasteiger charge is 2.34. The van der Waals surface area contributed by atoms with Crippen molar-refractivity contribution in [3.63, 3.8) is 0 Å². The number of carbonyl (C=O) groups is 2. The lowest BCUT2D eigenvalue weighted by Crippen LogP contribution is -2.41. The Kier molecular flexibility index (Phi) is 7.01. The van der Waals surface area contributed by atoms with Gasteiger partial charge in [-0.1, -0.05) is 6.07 Å². The lowest BCUT2D eigenvalue weighted by atomic mass is 9.97. The molecular formula is C21H27N3O5S3. The Morgan fingerprint density at radius 2 is 2.00 bits per heavy atom. The van der Waals surface area contributed by atoms with Crippen LogP contribution in [0.25, 0.3) is 0 Å². The van der Waals surface area contributed by atoms with Crippen LogP contribution in [0.3, 0.4) is 0 Å². The molecule has 0 unspecified atom stereocenters. The lowest BCUT2D eigenvalue weighted by Gasteiger charge is -2.30. The highest BCUT2D eigenvalue weighted by Crippen LogP contribution is 2.38. The monoisotopic (exact) mass is 497 g/mol. The average Bonchev–Trinajstić information content (AvgIpc) is 3.42. The third-order valence-corrected chi connectivity index (χ3v) is 10.3. The van der Waals surface area contributed by atoms with Gasteiger partial charge in [0.05, 0.1) is 12.2 Å². The first kappa shape index (κ1) is 23.4. The lowest BCUT2D eigenvalue weighted by molar-refractivity contribution is -0.120. The second-order valence-corrected chi connectivity index (χ2v) is 12.2. The molecule has 1 N–H and O–H groups in total. The zero-order valence-corrected chi connectivity index (χ0v) is 20.6. The van der Waals surface area contributed by atoms with Crippen LogP contribution in [0.2, 0.25) is 0 Å². The fourth-order valence-electron chi connectivity index (χ4n) is 4.15. The number of rotatable bonds is 6. The van der Waals surface area contributed by atoms with Gasteiger partial charge in [0.1, 0.15) is 9.21 Å². The normalized spacial score (nSPS) is 18.3. The molecule has 0 radical (unpaired) electrons. The van der Waals surface area contributed by atoms with Crippen molar-refractivity contribution in [1.29, 1.82) is 0 Å². The Morgan fingerprint density at radius 1 is 1.25 bits per heavy atom. The smallest absolute Gasteiger partial charge is 0.341 e. The average molecular weight is 498 g/mol. The van der Waals surface area contributed by atoms with Gasteiger partial charge in [0.25, 0.3) is 10.0 Å². The molecule has 32 heavy (non-hydrogen) atoms. The summed E-state index contributed by atoms with van der Waals surface area (Å²) in [5.74, 6) is -0.876. The zero-order valence-electron chi connectivity index (χ0n) is 18.1. The van der Waals surface area contributed by atoms with E-state index in [9.17, 15) is 18.0 Å². The van der Waals surface area contributed by atoms with E-state index < -0.39 is 16.0 Å². The number of likely N-dealkylation sites (N-methyl/N-ethyl adjacent to an activating group) is 1. The van der Waals surface area contributed by atoms with E-state index in [0.29, 0.717) is 40.7 Å². The summed E-state index contributed by atoms with van der Waals surface area (Å²) in [5, 5.41) is 5.25. The summed E-state index contributed by atoms with van der Waals surface area (Å²) in [4.78, 5) is 28.9. The van der Waals surface area contributed by atoms with Crippen LogP contribution in [0.15, 0.2) is 21.7 Å². The van der Waals surface area contributed by atoms with Gasteiger partial charge in [-0.25, -0.2) is 13.2 Å². The van der Waals surface area contributed by atoms with Crippen molar-refractivity contribution in [3.8, 4) is 0 Å². The van der Waals surface area contributed by atoms with E-state index in [0.717, 1.165) is 30.0 Å². The summed E-state index contributed by atoms with van der Waals surface area (Å²) in [6.07, 6.45) is 1.63. The quantitative estimate of drug-likeness (QED) is 0.617. The van der Waals surface area contributed by atoms with Gasteiger partial charge in [-0.15, -0.1) is 22.7 Å². The summed E-state index contributed by atoms with van der Waals surface area (Å²) < 4.78 is 32.5. The first-order chi connectivity index (χ1) is 15.3. The maximum Gasteiger partial charge on any atom is 0.341 e. The summed E-state index contributed by atoms with van der Waals surface area (Å²) in [7, 11) is -1.47. The van der Waals surface area contributed by atoms with Crippen molar-refractivity contribution >= 4 is 49.6 Å². The number of nitrogens with zero attached hydrogens (tertiary/aromatic N) is 2. The molecule has 0 spiro atoms. The number of sulfonamides is 1. The SMILES string of the molecule is CCOC(=O)c1c(NC(=O)C2CCN(S(=O)(=O)c3cccs3)CC2)sc2c1CCN(C)C2. The van der Waals surface area contributed by atoms with Crippen LogP contribution in [-0.2, 0) is 32.5 Å². The largest absolute Gasteiger partial charge is 0.462 e. The molecule has 8 nitrogen and oxygen atoms in total. The Morgan fingerprint density at radius 3 is 2.66 bits per heavy atom. The number of fused-ring (bicyclic) bond motifs is 1. The van der Waals surface area contributed by atoms with E-state index in [1.807, 2.05) is 7.05 Å². The first-order valence-electron chi connectivity index (χ1n) is 10.7. The van der Waals surface area contributed by atoms with Crippen molar-refractivity contribution in [2.24, 2.45) is 5.92 Å². The van der Waals surface area contributed by atoms with Crippen LogP contribution in [0, 0.1) is 5.92 Å². The summed E-state index contributed by atoms with van der Waals surface area (Å²) in [6, 6.07) is 3.32. The van der Waals surface area contributed by atoms with Gasteiger partial charge >= 0.3 is 5.97 Å². The summed E-state index contributed by atoms with van der Waals surface area (Å²) in [5.41, 5.74) is 1.45. The van der Waals surface area contributed by atoms with Crippen LogP contribution in [0.5, 0.6) is 0 Å². The van der Waals surface area contributed by atoms with Gasteiger partial charge in [-0.2, -0.15) is 4.31 Å². The molecule has 4 rings (SSSR count). The molecule has 174 valence electrons. The van der Waals surface area contributed by atoms with Crippen LogP contribution < -0.4 is 5.32 Å². The minimum Gasteiger partial charge on any atom is -0.462 e. The van der Waals surface area contributed by atoms with Gasteiger partial charge in [-0.3, -0.25) is 4.79 Å². The van der Waals surface area contributed by atoms with Crippen molar-refractivity contribution in [2.75, 3.05) is 38.6 Å². The van der Waals surface area contributed by atoms with E-state index in [-0.39, 0.29) is 18.4 Å². The highest BCUT2D eigenvalue weighted by atomic mass is 32.2. The molecule has 0 aliphatic carbocycles. The molecule has 1 amide bonds. The third kappa shape index (κ3) is 4.62. The molecule has 2 aromatic heterocycles. The maximum absolute atomic E-state index is 13.0. The molecular weight excluding hydrogens is 470 g/mol. The Labute approximate surface area is 196 Å². The molecule has 0 aromatic carbocycles. The predicted octanol–water partition coefficient (Wildman–Crippen LogP) is 3.01. The van der Waals surface area contributed by atoms with Crippen LogP contribution in [0.4, 0.5) is 5.00 Å². The highest BCUT2D eigenvalue weighted by molar-refractivity contribution is 7.91. The summed E-state index contributed by atoms with van der Waals surface area (Å²) >= 11 is 2.63. The van der Waals surface area contributed by atoms with Crippen LogP contribution in [0.1, 0.15) is 40.6 Å². The third-order valence-electron chi connectivity index (χ3n) is 5.88. The molecule has 1 fully saturated rings. The second kappa shape index (κ2) is 9.60. The van der Waals surface area contributed by atoms with Gasteiger partial charge in [-0.05, 0) is 50.2 Å². The topological polar surface area (TPSA) is 96.0 Å². The fourth-order valence-corrected chi connectivity index (χ4v) is 8.08. The maximum atomic E-state index is 13.0. The minimum absolute atomic E-state index is 0.171. The first-order valence-corrected chi connectivity index (χ1v) is 13.8. The van der Waals surface area contributed by atoms with E-state index in [1.165, 1.54) is 27.0 Å². The number of nitrogens with one attached hydrogen (secondary N) is 1. The number of hydrogen-bond acceptors (Lipinski definition) is 8. The van der Waals surface area contributed by atoms with Crippen molar-refractivity contribution in [1.82, 2.24) is 9.21 Å². The molecule has 2 aromatic rings. The van der Waals surface area contributed by atoms with Gasteiger partial charge < -0.3 is 15.0 Å². The number of carbonyl (C=O) groups excluding carboxylic acids is 2. The van der Waals surface area contributed by atoms with Gasteiger partial charge in [0.2, 0.25) is 5.91 Å². The molecule has 2 aliphatic heterocycles. The molecule has 1 saturated heterocycles. The van der Waals surface area contributed by atoms with Crippen LogP contribution >= 0.6 is 22.7 Å². The summed E-state index contributed by atoms with van der Waals surface area (Å²) in [6.45, 7) is 4.22. The van der Waals surface area contributed by atoms with E-state index in [1.54, 1.807) is 24.4 Å². The van der Waals surface area contributed by atoms with Crippen molar-refractivity contribution in [3.05, 3.63) is 33.5 Å². The number of piperidine rings is 1. The van der Waals surface area contributed by atoms with E-state index in [2.05, 4.69) is 10.2 Å². The molecule has 4 heterocycles. The predicted molar refractivity (Wildman–Crippen MR) is 125 cm³/mol. The second-order valence-electron chi connectivity index (χ2n) is 8.02. The van der Waals surface area contributed by atoms with Gasteiger partial charge in [0, 0.05) is 37.0 Å². The standard InChI is InChI=1S/C21H27N3O5S3/c1-3-29-21(26)18-15-8-9-23(2)13-16(15)31-20(18)22-19(25)14-6-10-24(11-7-14)32(27,28)17-5-4-12-30-17/h4-5,12,14H,3,6-11,13H2,1-2H3,(H,22,25). The molecule has 0 bridgehead atoms. The number of ether oxygens (including phenoxy) is 1. The van der Waals surface area contributed by atoms with Crippen molar-refractivity contribution in [2.45, 2.75) is 36.9 Å². The van der Waals surface area contributed by atoms with Crippen molar-refractivity contribution < 1.29 is 22.7 Å². The number of esters is 1. The Bertz CT molecular complexity index is 1090. The van der Waals surface area contributed by atoms with Gasteiger partial charge in [0.15, 0.2) is 0 Å². The van der Waals surface area contributed by atoms with Crippen LogP contribution in [-0.4, -0.2) is 62.8 Å². The van der Waals surface area contributed by atoms with E-state index >= 15 is 0 Å². The fraction of sp³-hybridized carbons (Fsp3) is 0.524. The zero-order chi connectivity index (χ0) is 22.9. The minimum atomic E-state index is -3.50. The molecule has 2 aliphatic rings. The number of anilines is 1. The number of thiophene rings is 2. The molecule has 0 atom stereocenters. The Hall–Kier alpha value is -1.79. The number of amides is 1. The molecule has 0 saturated carbocycles. The Balaban J connectivity index is 1.46. The number of hydrogen-bond donors (Lipinski definition) is 1. The molecule has 11 heteroatoms.